The van der Waals surface area contributed by atoms with Crippen molar-refractivity contribution in [3.8, 4) is 17.2 Å². The topological polar surface area (TPSA) is 67.9 Å². The fraction of sp³-hybridized carbons (Fsp3) is 0.200. The van der Waals surface area contributed by atoms with Gasteiger partial charge < -0.3 is 19.7 Å². The maximum absolute atomic E-state index is 12.7. The summed E-state index contributed by atoms with van der Waals surface area (Å²) in [5.74, 6) is 1.78. The minimum atomic E-state index is -0.176. The maximum Gasteiger partial charge on any atom is 0.251 e. The molecule has 0 heterocycles. The van der Waals surface area contributed by atoms with Crippen molar-refractivity contribution in [2.24, 2.45) is 0 Å². The molecule has 0 aliphatic carbocycles. The average molecular weight is 418 g/mol. The second-order valence-corrected chi connectivity index (χ2v) is 6.92. The lowest BCUT2D eigenvalue weighted by Crippen LogP contribution is -2.29. The first-order valence-electron chi connectivity index (χ1n) is 10.1. The summed E-state index contributed by atoms with van der Waals surface area (Å²) < 4.78 is 11.0. The Morgan fingerprint density at radius 1 is 0.871 bits per heavy atom. The summed E-state index contributed by atoms with van der Waals surface area (Å²) in [4.78, 5) is 26.5. The maximum atomic E-state index is 12.7. The highest BCUT2D eigenvalue weighted by Crippen LogP contribution is 2.31. The number of benzene rings is 3. The molecular weight excluding hydrogens is 392 g/mol. The molecule has 1 N–H and O–H groups in total. The van der Waals surface area contributed by atoms with Crippen molar-refractivity contribution in [2.45, 2.75) is 12.8 Å². The van der Waals surface area contributed by atoms with E-state index in [1.165, 1.54) is 0 Å². The Balaban J connectivity index is 1.51. The van der Waals surface area contributed by atoms with Crippen LogP contribution >= 0.6 is 0 Å². The number of amides is 2. The molecule has 0 unspecified atom stereocenters. The first-order chi connectivity index (χ1) is 15.1. The summed E-state index contributed by atoms with van der Waals surface area (Å²) in [5.41, 5.74) is 1.25. The molecule has 3 aromatic carbocycles. The first kappa shape index (κ1) is 21.9. The molecular formula is C25H26N2O4. The van der Waals surface area contributed by atoms with Crippen LogP contribution in [0.15, 0.2) is 78.9 Å². The number of methoxy groups -OCH3 is 1. The number of anilines is 1. The summed E-state index contributed by atoms with van der Waals surface area (Å²) in [6.45, 7) is 0.409. The lowest BCUT2D eigenvalue weighted by atomic mass is 10.2. The Hall–Kier alpha value is -3.80. The van der Waals surface area contributed by atoms with Gasteiger partial charge in [0, 0.05) is 25.6 Å². The van der Waals surface area contributed by atoms with Crippen LogP contribution in [0.1, 0.15) is 23.2 Å². The van der Waals surface area contributed by atoms with E-state index in [0.29, 0.717) is 47.9 Å². The summed E-state index contributed by atoms with van der Waals surface area (Å²) in [5, 5.41) is 2.84. The summed E-state index contributed by atoms with van der Waals surface area (Å²) in [7, 11) is 3.31. The van der Waals surface area contributed by atoms with Crippen molar-refractivity contribution in [3.63, 3.8) is 0 Å². The van der Waals surface area contributed by atoms with Gasteiger partial charge in [-0.05, 0) is 55.0 Å². The zero-order valence-corrected chi connectivity index (χ0v) is 17.7. The van der Waals surface area contributed by atoms with Crippen LogP contribution in [-0.2, 0) is 4.79 Å². The Labute approximate surface area is 182 Å². The normalized spacial score (nSPS) is 10.3. The molecule has 0 aliphatic heterocycles. The monoisotopic (exact) mass is 418 g/mol. The number of para-hydroxylation sites is 3. The smallest absolute Gasteiger partial charge is 0.251 e. The molecule has 0 bridgehead atoms. The van der Waals surface area contributed by atoms with Crippen molar-refractivity contribution in [1.82, 2.24) is 5.32 Å². The molecule has 0 spiro atoms. The SMILES string of the molecule is COc1ccc(C(=O)NCCCC(=O)N(C)c2ccccc2Oc2ccccc2)cc1. The van der Waals surface area contributed by atoms with Gasteiger partial charge in [-0.2, -0.15) is 0 Å². The van der Waals surface area contributed by atoms with Gasteiger partial charge in [0.25, 0.3) is 5.91 Å². The molecule has 0 saturated heterocycles. The number of nitrogens with one attached hydrogen (secondary N) is 1. The van der Waals surface area contributed by atoms with E-state index >= 15 is 0 Å². The molecule has 31 heavy (non-hydrogen) atoms. The van der Waals surface area contributed by atoms with E-state index < -0.39 is 0 Å². The van der Waals surface area contributed by atoms with Crippen LogP contribution < -0.4 is 19.7 Å². The molecule has 0 saturated carbocycles. The lowest BCUT2D eigenvalue weighted by molar-refractivity contribution is -0.118. The first-order valence-corrected chi connectivity index (χ1v) is 10.1. The highest BCUT2D eigenvalue weighted by molar-refractivity contribution is 5.95. The second kappa shape index (κ2) is 10.8. The number of hydrogen-bond acceptors (Lipinski definition) is 4. The van der Waals surface area contributed by atoms with E-state index in [-0.39, 0.29) is 11.8 Å². The quantitative estimate of drug-likeness (QED) is 0.513. The third-order valence-corrected chi connectivity index (χ3v) is 4.78. The molecule has 0 radical (unpaired) electrons. The molecule has 6 heteroatoms. The Kier molecular flexibility index (Phi) is 7.65. The lowest BCUT2D eigenvalue weighted by Gasteiger charge is -2.20. The van der Waals surface area contributed by atoms with Gasteiger partial charge in [-0.1, -0.05) is 30.3 Å². The van der Waals surface area contributed by atoms with Gasteiger partial charge in [-0.3, -0.25) is 9.59 Å². The summed E-state index contributed by atoms with van der Waals surface area (Å²) in [6, 6.07) is 23.7. The number of rotatable bonds is 9. The minimum Gasteiger partial charge on any atom is -0.497 e. The molecule has 160 valence electrons. The fourth-order valence-corrected chi connectivity index (χ4v) is 3.02. The largest absolute Gasteiger partial charge is 0.497 e. The summed E-state index contributed by atoms with van der Waals surface area (Å²) in [6.07, 6.45) is 0.839. The number of carbonyl (C=O) groups is 2. The highest BCUT2D eigenvalue weighted by atomic mass is 16.5. The molecule has 2 amide bonds. The third-order valence-electron chi connectivity index (χ3n) is 4.78. The van der Waals surface area contributed by atoms with Crippen LogP contribution in [0.5, 0.6) is 17.2 Å². The van der Waals surface area contributed by atoms with E-state index in [0.717, 1.165) is 0 Å². The van der Waals surface area contributed by atoms with E-state index in [9.17, 15) is 9.59 Å². The van der Waals surface area contributed by atoms with Gasteiger partial charge in [0.2, 0.25) is 5.91 Å². The molecule has 0 atom stereocenters. The van der Waals surface area contributed by atoms with Crippen molar-refractivity contribution in [3.05, 3.63) is 84.4 Å². The third kappa shape index (κ3) is 6.09. The molecule has 3 rings (SSSR count). The molecule has 0 aromatic heterocycles. The van der Waals surface area contributed by atoms with Crippen LogP contribution in [0.4, 0.5) is 5.69 Å². The number of carbonyl (C=O) groups excluding carboxylic acids is 2. The van der Waals surface area contributed by atoms with Crippen LogP contribution in [0.3, 0.4) is 0 Å². The predicted octanol–water partition coefficient (Wildman–Crippen LogP) is 4.66. The highest BCUT2D eigenvalue weighted by Gasteiger charge is 2.15. The molecule has 6 nitrogen and oxygen atoms in total. The number of nitrogens with zero attached hydrogens (tertiary/aromatic N) is 1. The predicted molar refractivity (Wildman–Crippen MR) is 121 cm³/mol. The van der Waals surface area contributed by atoms with E-state index in [1.807, 2.05) is 54.6 Å². The van der Waals surface area contributed by atoms with E-state index in [1.54, 1.807) is 43.3 Å². The van der Waals surface area contributed by atoms with Gasteiger partial charge in [0.05, 0.1) is 12.8 Å². The zero-order chi connectivity index (χ0) is 22.1. The van der Waals surface area contributed by atoms with Crippen molar-refractivity contribution >= 4 is 17.5 Å². The van der Waals surface area contributed by atoms with Crippen LogP contribution in [0.2, 0.25) is 0 Å². The number of ether oxygens (including phenoxy) is 2. The van der Waals surface area contributed by atoms with E-state index in [4.69, 9.17) is 9.47 Å². The van der Waals surface area contributed by atoms with Crippen LogP contribution in [0.25, 0.3) is 0 Å². The second-order valence-electron chi connectivity index (χ2n) is 6.92. The average Bonchev–Trinajstić information content (AvgIpc) is 2.82. The molecule has 3 aromatic rings. The van der Waals surface area contributed by atoms with Crippen LogP contribution in [0, 0.1) is 0 Å². The number of hydrogen-bond donors (Lipinski definition) is 1. The van der Waals surface area contributed by atoms with E-state index in [2.05, 4.69) is 5.32 Å². The van der Waals surface area contributed by atoms with Crippen molar-refractivity contribution in [1.29, 1.82) is 0 Å². The Bertz CT molecular complexity index is 1000. The zero-order valence-electron chi connectivity index (χ0n) is 17.7. The Morgan fingerprint density at radius 3 is 2.26 bits per heavy atom. The summed E-state index contributed by atoms with van der Waals surface area (Å²) >= 11 is 0. The van der Waals surface area contributed by atoms with Gasteiger partial charge in [-0.15, -0.1) is 0 Å². The van der Waals surface area contributed by atoms with Gasteiger partial charge in [0.15, 0.2) is 5.75 Å². The van der Waals surface area contributed by atoms with Crippen LogP contribution in [-0.4, -0.2) is 32.5 Å². The van der Waals surface area contributed by atoms with Gasteiger partial charge in [-0.25, -0.2) is 0 Å². The fourth-order valence-electron chi connectivity index (χ4n) is 3.02. The van der Waals surface area contributed by atoms with Gasteiger partial charge in [0.1, 0.15) is 11.5 Å². The standard InChI is InChI=1S/C25H26N2O4/c1-27(22-11-6-7-12-23(22)31-21-9-4-3-5-10-21)24(28)13-8-18-26-25(29)19-14-16-20(30-2)17-15-19/h3-7,9-12,14-17H,8,13,18H2,1-2H3,(H,26,29). The van der Waals surface area contributed by atoms with Gasteiger partial charge >= 0.3 is 0 Å². The Morgan fingerprint density at radius 2 is 1.55 bits per heavy atom. The van der Waals surface area contributed by atoms with Crippen molar-refractivity contribution < 1.29 is 19.1 Å². The minimum absolute atomic E-state index is 0.0530. The molecule has 0 fully saturated rings. The molecule has 0 aliphatic rings. The van der Waals surface area contributed by atoms with Crippen molar-refractivity contribution in [2.75, 3.05) is 25.6 Å².